The average molecular weight is 381 g/mol. The van der Waals surface area contributed by atoms with Gasteiger partial charge in [-0.3, -0.25) is 14.9 Å². The summed E-state index contributed by atoms with van der Waals surface area (Å²) in [6, 6.07) is 7.84. The zero-order valence-electron chi connectivity index (χ0n) is 15.1. The van der Waals surface area contributed by atoms with E-state index in [0.29, 0.717) is 37.8 Å². The number of nitro benzene ring substituents is 1. The standard InChI is InChI=1S/C18H19N7O3/c19-13-14-2-3-15(16(12-14)25(27)28)20-7-4-17(26)23-8-10-24(11-9-23)18-21-5-1-6-22-18/h1-3,5-6,12,20H,4,7-11H2. The SMILES string of the molecule is N#Cc1ccc(NCCC(=O)N2CCN(c3ncccn3)CC2)c([N+](=O)[O-])c1. The van der Waals surface area contributed by atoms with Crippen LogP contribution in [0.4, 0.5) is 17.3 Å². The van der Waals surface area contributed by atoms with Gasteiger partial charge in [-0.25, -0.2) is 9.97 Å². The van der Waals surface area contributed by atoms with Crippen molar-refractivity contribution in [3.8, 4) is 6.07 Å². The number of benzene rings is 1. The van der Waals surface area contributed by atoms with Gasteiger partial charge in [0.25, 0.3) is 5.69 Å². The van der Waals surface area contributed by atoms with Gasteiger partial charge in [0.05, 0.1) is 16.6 Å². The second kappa shape index (κ2) is 8.77. The van der Waals surface area contributed by atoms with E-state index in [9.17, 15) is 14.9 Å². The fourth-order valence-corrected chi connectivity index (χ4v) is 2.97. The summed E-state index contributed by atoms with van der Waals surface area (Å²) in [7, 11) is 0. The summed E-state index contributed by atoms with van der Waals surface area (Å²) in [5.41, 5.74) is 0.333. The lowest BCUT2D eigenvalue weighted by atomic mass is 10.2. The van der Waals surface area contributed by atoms with Crippen molar-refractivity contribution < 1.29 is 9.72 Å². The van der Waals surface area contributed by atoms with E-state index in [1.807, 2.05) is 11.0 Å². The highest BCUT2D eigenvalue weighted by Crippen LogP contribution is 2.25. The zero-order valence-corrected chi connectivity index (χ0v) is 15.1. The molecular weight excluding hydrogens is 362 g/mol. The van der Waals surface area contributed by atoms with Crippen LogP contribution in [0.3, 0.4) is 0 Å². The maximum atomic E-state index is 12.4. The van der Waals surface area contributed by atoms with Gasteiger partial charge in [-0.05, 0) is 18.2 Å². The van der Waals surface area contributed by atoms with Crippen LogP contribution in [0.15, 0.2) is 36.7 Å². The number of aromatic nitrogens is 2. The van der Waals surface area contributed by atoms with Crippen molar-refractivity contribution in [3.63, 3.8) is 0 Å². The second-order valence-electron chi connectivity index (χ2n) is 6.19. The lowest BCUT2D eigenvalue weighted by molar-refractivity contribution is -0.384. The number of nitrogens with zero attached hydrogens (tertiary/aromatic N) is 6. The van der Waals surface area contributed by atoms with Gasteiger partial charge in [0.15, 0.2) is 0 Å². The Kier molecular flexibility index (Phi) is 5.96. The molecule has 144 valence electrons. The molecule has 0 bridgehead atoms. The van der Waals surface area contributed by atoms with Crippen LogP contribution in [-0.2, 0) is 4.79 Å². The van der Waals surface area contributed by atoms with Gasteiger partial charge in [-0.1, -0.05) is 0 Å². The zero-order chi connectivity index (χ0) is 19.9. The molecule has 0 saturated carbocycles. The molecular formula is C18H19N7O3. The van der Waals surface area contributed by atoms with E-state index in [1.54, 1.807) is 23.4 Å². The number of anilines is 2. The molecule has 28 heavy (non-hydrogen) atoms. The Hall–Kier alpha value is -3.74. The molecule has 10 heteroatoms. The quantitative estimate of drug-likeness (QED) is 0.587. The molecule has 0 radical (unpaired) electrons. The fraction of sp³-hybridized carbons (Fsp3) is 0.333. The highest BCUT2D eigenvalue weighted by Gasteiger charge is 2.22. The predicted octanol–water partition coefficient (Wildman–Crippen LogP) is 1.41. The smallest absolute Gasteiger partial charge is 0.293 e. The van der Waals surface area contributed by atoms with Crippen LogP contribution in [0.5, 0.6) is 0 Å². The van der Waals surface area contributed by atoms with Crippen LogP contribution in [0.1, 0.15) is 12.0 Å². The van der Waals surface area contributed by atoms with E-state index in [1.165, 1.54) is 18.2 Å². The van der Waals surface area contributed by atoms with Crippen LogP contribution in [-0.4, -0.2) is 58.4 Å². The molecule has 3 rings (SSSR count). The normalized spacial score (nSPS) is 13.7. The van der Waals surface area contributed by atoms with Crippen molar-refractivity contribution in [1.29, 1.82) is 5.26 Å². The summed E-state index contributed by atoms with van der Waals surface area (Å²) in [5, 5.41) is 22.9. The Balaban J connectivity index is 1.49. The highest BCUT2D eigenvalue weighted by atomic mass is 16.6. The van der Waals surface area contributed by atoms with Gasteiger partial charge in [0.2, 0.25) is 11.9 Å². The summed E-state index contributed by atoms with van der Waals surface area (Å²) in [6.07, 6.45) is 3.60. The number of nitrogens with one attached hydrogen (secondary N) is 1. The van der Waals surface area contributed by atoms with Crippen LogP contribution in [0.25, 0.3) is 0 Å². The van der Waals surface area contributed by atoms with Gasteiger partial charge < -0.3 is 15.1 Å². The van der Waals surface area contributed by atoms with Crippen molar-refractivity contribution in [2.45, 2.75) is 6.42 Å². The molecule has 10 nitrogen and oxygen atoms in total. The summed E-state index contributed by atoms with van der Waals surface area (Å²) >= 11 is 0. The number of rotatable bonds is 6. The monoisotopic (exact) mass is 381 g/mol. The number of carbonyl (C=O) groups is 1. The largest absolute Gasteiger partial charge is 0.379 e. The maximum Gasteiger partial charge on any atom is 0.293 e. The van der Waals surface area contributed by atoms with Gasteiger partial charge in [-0.2, -0.15) is 5.26 Å². The van der Waals surface area contributed by atoms with E-state index in [2.05, 4.69) is 15.3 Å². The third-order valence-electron chi connectivity index (χ3n) is 4.45. The minimum atomic E-state index is -0.546. The van der Waals surface area contributed by atoms with Gasteiger partial charge in [0, 0.05) is 57.6 Å². The maximum absolute atomic E-state index is 12.4. The Morgan fingerprint density at radius 1 is 1.25 bits per heavy atom. The lowest BCUT2D eigenvalue weighted by Gasteiger charge is -2.34. The molecule has 0 spiro atoms. The number of carbonyl (C=O) groups excluding carboxylic acids is 1. The summed E-state index contributed by atoms with van der Waals surface area (Å²) in [6.45, 7) is 2.74. The molecule has 1 aromatic carbocycles. The van der Waals surface area contributed by atoms with Crippen LogP contribution < -0.4 is 10.2 Å². The number of amides is 1. The third kappa shape index (κ3) is 4.50. The van der Waals surface area contributed by atoms with E-state index in [4.69, 9.17) is 5.26 Å². The molecule has 0 atom stereocenters. The fourth-order valence-electron chi connectivity index (χ4n) is 2.97. The molecule has 1 N–H and O–H groups in total. The predicted molar refractivity (Wildman–Crippen MR) is 102 cm³/mol. The molecule has 0 unspecified atom stereocenters. The first kappa shape index (κ1) is 19.0. The van der Waals surface area contributed by atoms with Crippen LogP contribution in [0.2, 0.25) is 0 Å². The van der Waals surface area contributed by atoms with Gasteiger partial charge in [0.1, 0.15) is 5.69 Å². The molecule has 1 amide bonds. The molecule has 1 aliphatic rings. The number of hydrogen-bond acceptors (Lipinski definition) is 8. The van der Waals surface area contributed by atoms with Crippen molar-refractivity contribution in [2.75, 3.05) is 42.9 Å². The first-order chi connectivity index (χ1) is 13.6. The number of piperazine rings is 1. The number of hydrogen-bond donors (Lipinski definition) is 1. The average Bonchev–Trinajstić information content (AvgIpc) is 2.74. The number of nitriles is 1. The molecule has 1 aromatic heterocycles. The van der Waals surface area contributed by atoms with Crippen LogP contribution >= 0.6 is 0 Å². The first-order valence-electron chi connectivity index (χ1n) is 8.80. The highest BCUT2D eigenvalue weighted by molar-refractivity contribution is 5.77. The molecule has 2 aromatic rings. The molecule has 0 aliphatic carbocycles. The lowest BCUT2D eigenvalue weighted by Crippen LogP contribution is -2.49. The molecule has 2 heterocycles. The second-order valence-corrected chi connectivity index (χ2v) is 6.19. The summed E-state index contributed by atoms with van der Waals surface area (Å²) in [4.78, 5) is 35.2. The number of nitro groups is 1. The van der Waals surface area contributed by atoms with Crippen molar-refractivity contribution >= 4 is 23.2 Å². The van der Waals surface area contributed by atoms with E-state index < -0.39 is 4.92 Å². The van der Waals surface area contributed by atoms with E-state index >= 15 is 0 Å². The Labute approximate surface area is 161 Å². The topological polar surface area (TPSA) is 128 Å². The third-order valence-corrected chi connectivity index (χ3v) is 4.45. The Bertz CT molecular complexity index is 890. The van der Waals surface area contributed by atoms with Crippen molar-refractivity contribution in [2.24, 2.45) is 0 Å². The van der Waals surface area contributed by atoms with Crippen LogP contribution in [0, 0.1) is 21.4 Å². The van der Waals surface area contributed by atoms with Crippen molar-refractivity contribution in [1.82, 2.24) is 14.9 Å². The first-order valence-corrected chi connectivity index (χ1v) is 8.80. The van der Waals surface area contributed by atoms with E-state index in [-0.39, 0.29) is 30.1 Å². The molecule has 1 saturated heterocycles. The minimum Gasteiger partial charge on any atom is -0.379 e. The summed E-state index contributed by atoms with van der Waals surface area (Å²) < 4.78 is 0. The molecule has 1 fully saturated rings. The minimum absolute atomic E-state index is 0.0163. The van der Waals surface area contributed by atoms with Crippen molar-refractivity contribution in [3.05, 3.63) is 52.3 Å². The molecule has 1 aliphatic heterocycles. The van der Waals surface area contributed by atoms with Gasteiger partial charge >= 0.3 is 0 Å². The Morgan fingerprint density at radius 3 is 2.61 bits per heavy atom. The summed E-state index contributed by atoms with van der Waals surface area (Å²) in [5.74, 6) is 0.641. The van der Waals surface area contributed by atoms with Gasteiger partial charge in [-0.15, -0.1) is 0 Å². The Morgan fingerprint density at radius 2 is 1.96 bits per heavy atom. The van der Waals surface area contributed by atoms with E-state index in [0.717, 1.165) is 0 Å².